The second-order valence-corrected chi connectivity index (χ2v) is 6.68. The van der Waals surface area contributed by atoms with Crippen molar-refractivity contribution >= 4 is 5.91 Å². The van der Waals surface area contributed by atoms with Gasteiger partial charge in [0.1, 0.15) is 0 Å². The molecule has 1 aromatic carbocycles. The van der Waals surface area contributed by atoms with Crippen molar-refractivity contribution in [2.75, 3.05) is 39.3 Å². The van der Waals surface area contributed by atoms with Gasteiger partial charge in [-0.15, -0.1) is 0 Å². The minimum atomic E-state index is 0.109. The number of piperazine rings is 1. The number of rotatable bonds is 3. The maximum Gasteiger partial charge on any atom is 0.253 e. The lowest BCUT2D eigenvalue weighted by Crippen LogP contribution is -2.49. The number of carbonyl (C=O) groups is 1. The Morgan fingerprint density at radius 2 is 1.67 bits per heavy atom. The number of amides is 1. The SMILES string of the molecule is CC(C)(C)c1ccc(C(=O)N2CCN(CCO)CC2)cc1. The number of carbonyl (C=O) groups excluding carboxylic acids is 1. The van der Waals surface area contributed by atoms with Gasteiger partial charge in [-0.25, -0.2) is 0 Å². The first-order valence-corrected chi connectivity index (χ1v) is 7.65. The summed E-state index contributed by atoms with van der Waals surface area (Å²) in [6.45, 7) is 10.5. The molecule has 2 rings (SSSR count). The van der Waals surface area contributed by atoms with Crippen LogP contribution in [0.2, 0.25) is 0 Å². The number of β-amino-alcohol motifs (C(OH)–C–C–N with tert-alkyl or cyclic N) is 1. The van der Waals surface area contributed by atoms with Crippen LogP contribution in [0, 0.1) is 0 Å². The highest BCUT2D eigenvalue weighted by Gasteiger charge is 2.22. The summed E-state index contributed by atoms with van der Waals surface area (Å²) in [5.41, 5.74) is 2.11. The number of hydrogen-bond acceptors (Lipinski definition) is 3. The van der Waals surface area contributed by atoms with Gasteiger partial charge < -0.3 is 10.0 Å². The zero-order chi connectivity index (χ0) is 15.5. The first-order valence-electron chi connectivity index (χ1n) is 7.65. The molecule has 1 aliphatic rings. The van der Waals surface area contributed by atoms with Crippen LogP contribution in [0.4, 0.5) is 0 Å². The second-order valence-electron chi connectivity index (χ2n) is 6.68. The topological polar surface area (TPSA) is 43.8 Å². The van der Waals surface area contributed by atoms with Crippen LogP contribution in [0.3, 0.4) is 0 Å². The summed E-state index contributed by atoms with van der Waals surface area (Å²) in [5.74, 6) is 0.110. The van der Waals surface area contributed by atoms with Crippen LogP contribution >= 0.6 is 0 Å². The fraction of sp³-hybridized carbons (Fsp3) is 0.588. The lowest BCUT2D eigenvalue weighted by Gasteiger charge is -2.34. The summed E-state index contributed by atoms with van der Waals surface area (Å²) in [4.78, 5) is 16.6. The Balaban J connectivity index is 1.98. The van der Waals surface area contributed by atoms with Gasteiger partial charge in [0.25, 0.3) is 5.91 Å². The molecule has 1 aliphatic heterocycles. The van der Waals surface area contributed by atoms with Crippen LogP contribution in [0.1, 0.15) is 36.7 Å². The molecule has 0 atom stereocenters. The Morgan fingerprint density at radius 1 is 1.10 bits per heavy atom. The Hall–Kier alpha value is -1.39. The zero-order valence-corrected chi connectivity index (χ0v) is 13.3. The molecule has 116 valence electrons. The molecule has 0 unspecified atom stereocenters. The molecule has 0 aliphatic carbocycles. The van der Waals surface area contributed by atoms with Gasteiger partial charge in [0.15, 0.2) is 0 Å². The van der Waals surface area contributed by atoms with Crippen LogP contribution < -0.4 is 0 Å². The van der Waals surface area contributed by atoms with Crippen molar-refractivity contribution in [3.63, 3.8) is 0 Å². The molecule has 1 N–H and O–H groups in total. The van der Waals surface area contributed by atoms with Gasteiger partial charge in [-0.2, -0.15) is 0 Å². The van der Waals surface area contributed by atoms with E-state index in [4.69, 9.17) is 5.11 Å². The van der Waals surface area contributed by atoms with Gasteiger partial charge in [0, 0.05) is 38.3 Å². The minimum absolute atomic E-state index is 0.109. The molecule has 1 fully saturated rings. The molecule has 1 aromatic rings. The number of nitrogens with zero attached hydrogens (tertiary/aromatic N) is 2. The maximum absolute atomic E-state index is 12.5. The third-order valence-corrected chi connectivity index (χ3v) is 4.07. The first kappa shape index (κ1) is 16.0. The molecule has 1 amide bonds. The highest BCUT2D eigenvalue weighted by Crippen LogP contribution is 2.22. The zero-order valence-electron chi connectivity index (χ0n) is 13.3. The van der Waals surface area contributed by atoms with Gasteiger partial charge in [0.05, 0.1) is 6.61 Å². The summed E-state index contributed by atoms with van der Waals surface area (Å²) < 4.78 is 0. The fourth-order valence-electron chi connectivity index (χ4n) is 2.61. The summed E-state index contributed by atoms with van der Waals surface area (Å²) in [6.07, 6.45) is 0. The highest BCUT2D eigenvalue weighted by atomic mass is 16.3. The van der Waals surface area contributed by atoms with Crippen LogP contribution in [-0.2, 0) is 5.41 Å². The summed E-state index contributed by atoms with van der Waals surface area (Å²) in [6, 6.07) is 7.97. The fourth-order valence-corrected chi connectivity index (χ4v) is 2.61. The van der Waals surface area contributed by atoms with Crippen LogP contribution in [0.15, 0.2) is 24.3 Å². The van der Waals surface area contributed by atoms with E-state index in [1.165, 1.54) is 5.56 Å². The van der Waals surface area contributed by atoms with Crippen molar-refractivity contribution in [2.45, 2.75) is 26.2 Å². The predicted molar refractivity (Wildman–Crippen MR) is 84.6 cm³/mol. The molecule has 1 saturated heterocycles. The third kappa shape index (κ3) is 4.05. The monoisotopic (exact) mass is 290 g/mol. The molecule has 4 heteroatoms. The largest absolute Gasteiger partial charge is 0.395 e. The number of aliphatic hydroxyl groups is 1. The van der Waals surface area contributed by atoms with E-state index in [9.17, 15) is 4.79 Å². The van der Waals surface area contributed by atoms with E-state index in [-0.39, 0.29) is 17.9 Å². The molecule has 4 nitrogen and oxygen atoms in total. The van der Waals surface area contributed by atoms with E-state index in [1.807, 2.05) is 17.0 Å². The highest BCUT2D eigenvalue weighted by molar-refractivity contribution is 5.94. The predicted octanol–water partition coefficient (Wildman–Crippen LogP) is 1.73. The van der Waals surface area contributed by atoms with E-state index in [0.29, 0.717) is 6.54 Å². The Bertz CT molecular complexity index is 469. The van der Waals surface area contributed by atoms with Crippen molar-refractivity contribution in [1.29, 1.82) is 0 Å². The van der Waals surface area contributed by atoms with Gasteiger partial charge in [-0.1, -0.05) is 32.9 Å². The molecule has 0 radical (unpaired) electrons. The molecule has 0 saturated carbocycles. The van der Waals surface area contributed by atoms with E-state index < -0.39 is 0 Å². The quantitative estimate of drug-likeness (QED) is 0.922. The van der Waals surface area contributed by atoms with Crippen molar-refractivity contribution in [1.82, 2.24) is 9.80 Å². The van der Waals surface area contributed by atoms with Gasteiger partial charge >= 0.3 is 0 Å². The van der Waals surface area contributed by atoms with Crippen LogP contribution in [-0.4, -0.2) is 60.1 Å². The average molecular weight is 290 g/mol. The van der Waals surface area contributed by atoms with Crippen molar-refractivity contribution in [2.24, 2.45) is 0 Å². The van der Waals surface area contributed by atoms with Gasteiger partial charge in [0.2, 0.25) is 0 Å². The van der Waals surface area contributed by atoms with Gasteiger partial charge in [-0.05, 0) is 23.1 Å². The van der Waals surface area contributed by atoms with Crippen LogP contribution in [0.25, 0.3) is 0 Å². The molecule has 21 heavy (non-hydrogen) atoms. The Kier molecular flexibility index (Phi) is 5.01. The van der Waals surface area contributed by atoms with E-state index in [2.05, 4.69) is 37.8 Å². The molecule has 0 spiro atoms. The van der Waals surface area contributed by atoms with E-state index >= 15 is 0 Å². The first-order chi connectivity index (χ1) is 9.91. The van der Waals surface area contributed by atoms with Crippen LogP contribution in [0.5, 0.6) is 0 Å². The molecular formula is C17H26N2O2. The minimum Gasteiger partial charge on any atom is -0.395 e. The summed E-state index contributed by atoms with van der Waals surface area (Å²) in [5, 5.41) is 8.94. The molecule has 0 bridgehead atoms. The standard InChI is InChI=1S/C17H26N2O2/c1-17(2,3)15-6-4-14(5-7-15)16(21)19-10-8-18(9-11-19)12-13-20/h4-7,20H,8-13H2,1-3H3. The third-order valence-electron chi connectivity index (χ3n) is 4.07. The lowest BCUT2D eigenvalue weighted by atomic mass is 9.86. The molecule has 0 aromatic heterocycles. The van der Waals surface area contributed by atoms with Crippen molar-refractivity contribution < 1.29 is 9.90 Å². The average Bonchev–Trinajstić information content (AvgIpc) is 2.47. The normalized spacial score (nSPS) is 17.0. The number of hydrogen-bond donors (Lipinski definition) is 1. The Morgan fingerprint density at radius 3 is 2.14 bits per heavy atom. The summed E-state index contributed by atoms with van der Waals surface area (Å²) >= 11 is 0. The Labute approximate surface area is 127 Å². The second kappa shape index (κ2) is 6.58. The number of aliphatic hydroxyl groups excluding tert-OH is 1. The smallest absolute Gasteiger partial charge is 0.253 e. The lowest BCUT2D eigenvalue weighted by molar-refractivity contribution is 0.0615. The molecular weight excluding hydrogens is 264 g/mol. The van der Waals surface area contributed by atoms with Crippen molar-refractivity contribution in [3.8, 4) is 0 Å². The van der Waals surface area contributed by atoms with E-state index in [1.54, 1.807) is 0 Å². The van der Waals surface area contributed by atoms with Gasteiger partial charge in [-0.3, -0.25) is 9.69 Å². The summed E-state index contributed by atoms with van der Waals surface area (Å²) in [7, 11) is 0. The number of benzene rings is 1. The van der Waals surface area contributed by atoms with Crippen molar-refractivity contribution in [3.05, 3.63) is 35.4 Å². The molecule has 1 heterocycles. The maximum atomic E-state index is 12.5. The van der Waals surface area contributed by atoms with E-state index in [0.717, 1.165) is 31.7 Å².